The Morgan fingerprint density at radius 2 is 2.25 bits per heavy atom. The summed E-state index contributed by atoms with van der Waals surface area (Å²) < 4.78 is 0. The van der Waals surface area contributed by atoms with Crippen molar-refractivity contribution in [3.8, 4) is 0 Å². The number of likely N-dealkylation sites (tertiary alicyclic amines) is 1. The van der Waals surface area contributed by atoms with E-state index in [1.54, 1.807) is 6.92 Å². The number of amides is 2. The van der Waals surface area contributed by atoms with Crippen LogP contribution in [-0.2, 0) is 9.59 Å². The van der Waals surface area contributed by atoms with Gasteiger partial charge in [-0.2, -0.15) is 0 Å². The minimum Gasteiger partial charge on any atom is -0.368 e. The fraction of sp³-hybridized carbons (Fsp3) is 0.625. The van der Waals surface area contributed by atoms with Crippen LogP contribution in [0.4, 0.5) is 0 Å². The molecule has 1 heterocycles. The highest BCUT2D eigenvalue weighted by Gasteiger charge is 2.31. The zero-order valence-electron chi connectivity index (χ0n) is 7.12. The number of nitrogens with zero attached hydrogens (tertiary/aromatic N) is 1. The molecule has 1 radical (unpaired) electrons. The molecule has 4 heteroatoms. The molecule has 1 aliphatic heterocycles. The van der Waals surface area contributed by atoms with Crippen LogP contribution in [0.5, 0.6) is 0 Å². The number of hydrogen-bond donors (Lipinski definition) is 1. The van der Waals surface area contributed by atoms with Crippen LogP contribution in [0.1, 0.15) is 19.8 Å². The van der Waals surface area contributed by atoms with E-state index in [0.717, 1.165) is 6.42 Å². The van der Waals surface area contributed by atoms with Gasteiger partial charge in [-0.25, -0.2) is 0 Å². The van der Waals surface area contributed by atoms with Crippen LogP contribution >= 0.6 is 0 Å². The zero-order chi connectivity index (χ0) is 9.14. The molecule has 67 valence electrons. The van der Waals surface area contributed by atoms with Crippen molar-refractivity contribution in [3.63, 3.8) is 0 Å². The normalized spacial score (nSPS) is 22.8. The summed E-state index contributed by atoms with van der Waals surface area (Å²) in [5.41, 5.74) is 5.13. The Balaban J connectivity index is 2.63. The highest BCUT2D eigenvalue weighted by molar-refractivity contribution is 5.90. The van der Waals surface area contributed by atoms with Crippen LogP contribution in [-0.4, -0.2) is 29.3 Å². The SMILES string of the molecule is C[CH]C(=O)N1CCC[C@@H]1C(N)=O. The van der Waals surface area contributed by atoms with E-state index < -0.39 is 5.91 Å². The number of carbonyl (C=O) groups is 2. The van der Waals surface area contributed by atoms with Crippen LogP contribution in [0.2, 0.25) is 0 Å². The van der Waals surface area contributed by atoms with Gasteiger partial charge in [0, 0.05) is 13.0 Å². The minimum absolute atomic E-state index is 0.101. The van der Waals surface area contributed by atoms with Crippen molar-refractivity contribution in [3.05, 3.63) is 6.42 Å². The number of hydrogen-bond acceptors (Lipinski definition) is 2. The van der Waals surface area contributed by atoms with Gasteiger partial charge in [-0.1, -0.05) is 6.92 Å². The van der Waals surface area contributed by atoms with Gasteiger partial charge in [0.2, 0.25) is 11.8 Å². The molecular weight excluding hydrogens is 156 g/mol. The molecule has 1 atom stereocenters. The zero-order valence-corrected chi connectivity index (χ0v) is 7.12. The number of carbonyl (C=O) groups excluding carboxylic acids is 2. The predicted molar refractivity (Wildman–Crippen MR) is 43.9 cm³/mol. The molecule has 2 N–H and O–H groups in total. The monoisotopic (exact) mass is 169 g/mol. The van der Waals surface area contributed by atoms with E-state index in [1.165, 1.54) is 11.3 Å². The summed E-state index contributed by atoms with van der Waals surface area (Å²) in [5, 5.41) is 0. The first kappa shape index (κ1) is 9.03. The molecule has 0 spiro atoms. The van der Waals surface area contributed by atoms with Gasteiger partial charge in [-0.15, -0.1) is 0 Å². The maximum absolute atomic E-state index is 11.2. The lowest BCUT2D eigenvalue weighted by atomic mass is 10.2. The molecule has 1 saturated heterocycles. The van der Waals surface area contributed by atoms with Crippen molar-refractivity contribution in [1.29, 1.82) is 0 Å². The number of nitrogens with two attached hydrogens (primary N) is 1. The second kappa shape index (κ2) is 3.56. The molecule has 2 amide bonds. The van der Waals surface area contributed by atoms with Gasteiger partial charge in [0.25, 0.3) is 0 Å². The molecule has 4 nitrogen and oxygen atoms in total. The molecule has 1 fully saturated rings. The standard InChI is InChI=1S/C8H13N2O2/c1-2-7(11)10-5-3-4-6(10)8(9)12/h2,6H,3-5H2,1H3,(H2,9,12)/t6-/m1/s1. The van der Waals surface area contributed by atoms with E-state index in [-0.39, 0.29) is 11.9 Å². The van der Waals surface area contributed by atoms with E-state index in [2.05, 4.69) is 0 Å². The average molecular weight is 169 g/mol. The van der Waals surface area contributed by atoms with Gasteiger partial charge < -0.3 is 10.6 Å². The molecule has 0 aromatic carbocycles. The largest absolute Gasteiger partial charge is 0.368 e. The summed E-state index contributed by atoms with van der Waals surface area (Å²) in [6, 6.07) is -0.381. The van der Waals surface area contributed by atoms with E-state index in [9.17, 15) is 9.59 Å². The molecule has 1 rings (SSSR count). The highest BCUT2D eigenvalue weighted by Crippen LogP contribution is 2.17. The van der Waals surface area contributed by atoms with Crippen molar-refractivity contribution < 1.29 is 9.59 Å². The summed E-state index contributed by atoms with van der Waals surface area (Å²) in [7, 11) is 0. The van der Waals surface area contributed by atoms with E-state index in [1.807, 2.05) is 0 Å². The fourth-order valence-electron chi connectivity index (χ4n) is 1.49. The molecule has 0 saturated carbocycles. The molecule has 1 aliphatic rings. The minimum atomic E-state index is -0.400. The molecule has 12 heavy (non-hydrogen) atoms. The van der Waals surface area contributed by atoms with Crippen LogP contribution in [0.3, 0.4) is 0 Å². The molecular formula is C8H13N2O2. The molecule has 0 aromatic heterocycles. The van der Waals surface area contributed by atoms with Crippen LogP contribution in [0, 0.1) is 6.42 Å². The van der Waals surface area contributed by atoms with Gasteiger partial charge in [0.05, 0.1) is 0 Å². The van der Waals surface area contributed by atoms with E-state index >= 15 is 0 Å². The Kier molecular flexibility index (Phi) is 2.68. The summed E-state index contributed by atoms with van der Waals surface area (Å²) >= 11 is 0. The Morgan fingerprint density at radius 3 is 2.75 bits per heavy atom. The molecule has 0 aliphatic carbocycles. The lowest BCUT2D eigenvalue weighted by Gasteiger charge is -2.20. The first-order chi connectivity index (χ1) is 5.66. The van der Waals surface area contributed by atoms with Crippen molar-refractivity contribution in [2.45, 2.75) is 25.8 Å². The molecule has 0 aromatic rings. The van der Waals surface area contributed by atoms with Gasteiger partial charge in [-0.3, -0.25) is 9.59 Å². The first-order valence-electron chi connectivity index (χ1n) is 4.06. The number of rotatable bonds is 2. The van der Waals surface area contributed by atoms with Gasteiger partial charge >= 0.3 is 0 Å². The van der Waals surface area contributed by atoms with Crippen LogP contribution in [0.15, 0.2) is 0 Å². The van der Waals surface area contributed by atoms with Crippen molar-refractivity contribution in [1.82, 2.24) is 4.90 Å². The van der Waals surface area contributed by atoms with E-state index in [0.29, 0.717) is 13.0 Å². The van der Waals surface area contributed by atoms with Crippen LogP contribution < -0.4 is 5.73 Å². The third kappa shape index (κ3) is 1.57. The van der Waals surface area contributed by atoms with Gasteiger partial charge in [0.15, 0.2) is 0 Å². The topological polar surface area (TPSA) is 63.4 Å². The maximum Gasteiger partial charge on any atom is 0.240 e. The molecule has 0 unspecified atom stereocenters. The third-order valence-corrected chi connectivity index (χ3v) is 2.11. The lowest BCUT2D eigenvalue weighted by molar-refractivity contribution is -0.134. The van der Waals surface area contributed by atoms with Crippen molar-refractivity contribution >= 4 is 11.8 Å². The summed E-state index contributed by atoms with van der Waals surface area (Å²) in [5.74, 6) is -0.501. The quantitative estimate of drug-likeness (QED) is 0.616. The second-order valence-corrected chi connectivity index (χ2v) is 2.88. The fourth-order valence-corrected chi connectivity index (χ4v) is 1.49. The highest BCUT2D eigenvalue weighted by atomic mass is 16.2. The summed E-state index contributed by atoms with van der Waals surface area (Å²) in [6.45, 7) is 2.31. The Morgan fingerprint density at radius 1 is 1.58 bits per heavy atom. The Labute approximate surface area is 71.7 Å². The molecule has 0 bridgehead atoms. The third-order valence-electron chi connectivity index (χ3n) is 2.11. The Hall–Kier alpha value is -1.06. The second-order valence-electron chi connectivity index (χ2n) is 2.88. The number of primary amides is 1. The lowest BCUT2D eigenvalue weighted by Crippen LogP contribution is -2.43. The summed E-state index contributed by atoms with van der Waals surface area (Å²) in [4.78, 5) is 23.6. The maximum atomic E-state index is 11.2. The summed E-state index contributed by atoms with van der Waals surface area (Å²) in [6.07, 6.45) is 3.03. The van der Waals surface area contributed by atoms with Crippen molar-refractivity contribution in [2.24, 2.45) is 5.73 Å². The Bertz CT molecular complexity index is 203. The van der Waals surface area contributed by atoms with E-state index in [4.69, 9.17) is 5.73 Å². The first-order valence-corrected chi connectivity index (χ1v) is 4.06. The van der Waals surface area contributed by atoms with Gasteiger partial charge in [-0.05, 0) is 12.8 Å². The van der Waals surface area contributed by atoms with Gasteiger partial charge in [0.1, 0.15) is 6.04 Å². The van der Waals surface area contributed by atoms with Crippen molar-refractivity contribution in [2.75, 3.05) is 6.54 Å². The predicted octanol–water partition coefficient (Wildman–Crippen LogP) is -0.313. The van der Waals surface area contributed by atoms with Crippen LogP contribution in [0.25, 0.3) is 0 Å². The average Bonchev–Trinajstić information content (AvgIpc) is 2.50. The smallest absolute Gasteiger partial charge is 0.240 e.